The van der Waals surface area contributed by atoms with Gasteiger partial charge in [0.1, 0.15) is 17.8 Å². The number of rotatable bonds is 8. The zero-order chi connectivity index (χ0) is 30.1. The lowest BCUT2D eigenvalue weighted by atomic mass is 10.0. The molecule has 2 aromatic heterocycles. The van der Waals surface area contributed by atoms with E-state index in [0.29, 0.717) is 23.3 Å². The van der Waals surface area contributed by atoms with Gasteiger partial charge in [0.2, 0.25) is 0 Å². The molecule has 0 radical (unpaired) electrons. The third-order valence-corrected chi connectivity index (χ3v) is 9.68. The molecule has 222 valence electrons. The first-order chi connectivity index (χ1) is 20.8. The second-order valence-electron chi connectivity index (χ2n) is 10.1. The number of hydrogen-bond acceptors (Lipinski definition) is 7. The van der Waals surface area contributed by atoms with Crippen LogP contribution in [-0.4, -0.2) is 40.1 Å². The van der Waals surface area contributed by atoms with E-state index < -0.39 is 21.7 Å². The van der Waals surface area contributed by atoms with Gasteiger partial charge < -0.3 is 9.47 Å². The Hall–Kier alpha value is -4.00. The van der Waals surface area contributed by atoms with Crippen LogP contribution in [0.4, 0.5) is 8.78 Å². The van der Waals surface area contributed by atoms with Crippen molar-refractivity contribution in [1.82, 2.24) is 13.8 Å². The average Bonchev–Trinajstić information content (AvgIpc) is 3.68. The summed E-state index contributed by atoms with van der Waals surface area (Å²) in [4.78, 5) is 0.0658. The number of ether oxygens (including phenoxy) is 2. The van der Waals surface area contributed by atoms with Gasteiger partial charge in [-0.3, -0.25) is 5.41 Å². The van der Waals surface area contributed by atoms with Gasteiger partial charge in [-0.25, -0.2) is 25.9 Å². The van der Waals surface area contributed by atoms with Crippen LogP contribution in [0.5, 0.6) is 11.5 Å². The number of fused-ring (bicyclic) bond motifs is 1. The van der Waals surface area contributed by atoms with Crippen LogP contribution in [0, 0.1) is 17.0 Å². The number of hydrogen-bond donors (Lipinski definition) is 1. The van der Waals surface area contributed by atoms with Gasteiger partial charge >= 0.3 is 0 Å². The fourth-order valence-electron chi connectivity index (χ4n) is 5.19. The highest BCUT2D eigenvalue weighted by molar-refractivity contribution is 8.13. The van der Waals surface area contributed by atoms with Gasteiger partial charge in [-0.05, 0) is 68.0 Å². The van der Waals surface area contributed by atoms with Crippen LogP contribution in [0.2, 0.25) is 0 Å². The highest BCUT2D eigenvalue weighted by Crippen LogP contribution is 2.38. The molecule has 5 aromatic rings. The minimum absolute atomic E-state index is 0.00207. The summed E-state index contributed by atoms with van der Waals surface area (Å²) in [7, 11) is -4.03. The third kappa shape index (κ3) is 5.69. The maximum absolute atomic E-state index is 16.0. The van der Waals surface area contributed by atoms with Gasteiger partial charge in [0.15, 0.2) is 11.6 Å². The molecule has 8 nitrogen and oxygen atoms in total. The van der Waals surface area contributed by atoms with E-state index in [9.17, 15) is 12.8 Å². The fraction of sp³-hybridized carbons (Fsp3) is 0.226. The molecule has 0 amide bonds. The predicted molar refractivity (Wildman–Crippen MR) is 162 cm³/mol. The number of nitrogens with zero attached hydrogens (tertiary/aromatic N) is 3. The molecule has 1 aliphatic heterocycles. The molecule has 0 bridgehead atoms. The Morgan fingerprint density at radius 3 is 2.63 bits per heavy atom. The lowest BCUT2D eigenvalue weighted by molar-refractivity contribution is -0.0396. The van der Waals surface area contributed by atoms with E-state index >= 15 is 4.39 Å². The molecule has 0 spiro atoms. The summed E-state index contributed by atoms with van der Waals surface area (Å²) in [5.41, 5.74) is 1.15. The predicted octanol–water partition coefficient (Wildman–Crippen LogP) is 7.12. The summed E-state index contributed by atoms with van der Waals surface area (Å²) in [5, 5.41) is 13.2. The SMILES string of the molecule is CSC(=N)c1cc(Oc2c(F)cc3c(ccn3S(=O)(=O)c3ccccc3)c2Cc2ccn(C3CCCCO3)n2)ccc1F. The van der Waals surface area contributed by atoms with E-state index in [1.54, 1.807) is 35.2 Å². The topological polar surface area (TPSA) is 99.2 Å². The van der Waals surface area contributed by atoms with Crippen LogP contribution in [0.25, 0.3) is 10.9 Å². The van der Waals surface area contributed by atoms with Crippen LogP contribution in [0.15, 0.2) is 84.0 Å². The molecule has 43 heavy (non-hydrogen) atoms. The second kappa shape index (κ2) is 11.9. The first-order valence-electron chi connectivity index (χ1n) is 13.7. The fourth-order valence-corrected chi connectivity index (χ4v) is 6.93. The smallest absolute Gasteiger partial charge is 0.268 e. The lowest BCUT2D eigenvalue weighted by Crippen LogP contribution is -2.18. The molecule has 3 heterocycles. The van der Waals surface area contributed by atoms with Gasteiger partial charge in [0.05, 0.1) is 21.1 Å². The minimum Gasteiger partial charge on any atom is -0.454 e. The summed E-state index contributed by atoms with van der Waals surface area (Å²) >= 11 is 1.07. The quantitative estimate of drug-likeness (QED) is 0.146. The summed E-state index contributed by atoms with van der Waals surface area (Å²) < 4.78 is 72.2. The van der Waals surface area contributed by atoms with E-state index in [-0.39, 0.29) is 45.2 Å². The van der Waals surface area contributed by atoms with E-state index in [1.807, 2.05) is 12.3 Å². The Morgan fingerprint density at radius 1 is 1.07 bits per heavy atom. The van der Waals surface area contributed by atoms with E-state index in [2.05, 4.69) is 5.10 Å². The van der Waals surface area contributed by atoms with Crippen molar-refractivity contribution in [2.45, 2.75) is 36.8 Å². The van der Waals surface area contributed by atoms with Crippen molar-refractivity contribution < 1.29 is 26.7 Å². The van der Waals surface area contributed by atoms with E-state index in [4.69, 9.17) is 14.9 Å². The van der Waals surface area contributed by atoms with Crippen molar-refractivity contribution in [3.8, 4) is 11.5 Å². The maximum atomic E-state index is 16.0. The first kappa shape index (κ1) is 29.1. The molecule has 1 fully saturated rings. The Bertz CT molecular complexity index is 1920. The standard InChI is InChI=1S/C31H28F2N4O4S2/c1-42-31(34)25-18-21(10-11-26(25)32)41-30-24(17-20-12-14-36(35-20)29-9-5-6-16-40-29)23-13-15-37(28(23)19-27(30)33)43(38,39)22-7-3-2-4-8-22/h2-4,7-8,10-15,18-19,29,34H,5-6,9,16-17H2,1H3. The second-order valence-corrected chi connectivity index (χ2v) is 12.7. The van der Waals surface area contributed by atoms with Gasteiger partial charge in [0, 0.05) is 48.0 Å². The largest absolute Gasteiger partial charge is 0.454 e. The maximum Gasteiger partial charge on any atom is 0.268 e. The first-order valence-corrected chi connectivity index (χ1v) is 16.3. The van der Waals surface area contributed by atoms with Crippen molar-refractivity contribution in [2.24, 2.45) is 0 Å². The molecule has 0 saturated carbocycles. The number of halogens is 2. The highest BCUT2D eigenvalue weighted by Gasteiger charge is 2.25. The Kier molecular flexibility index (Phi) is 8.08. The van der Waals surface area contributed by atoms with Gasteiger partial charge in [-0.2, -0.15) is 5.10 Å². The molecular weight excluding hydrogens is 594 g/mol. The highest BCUT2D eigenvalue weighted by atomic mass is 32.2. The molecule has 1 unspecified atom stereocenters. The van der Waals surface area contributed by atoms with Gasteiger partial charge in [-0.1, -0.05) is 18.2 Å². The van der Waals surface area contributed by atoms with Gasteiger partial charge in [-0.15, -0.1) is 11.8 Å². The van der Waals surface area contributed by atoms with Crippen LogP contribution in [0.1, 0.15) is 42.3 Å². The van der Waals surface area contributed by atoms with Crippen LogP contribution in [0.3, 0.4) is 0 Å². The van der Waals surface area contributed by atoms with Gasteiger partial charge in [0.25, 0.3) is 10.0 Å². The van der Waals surface area contributed by atoms with Crippen LogP contribution < -0.4 is 4.74 Å². The van der Waals surface area contributed by atoms with Crippen molar-refractivity contribution in [3.63, 3.8) is 0 Å². The molecule has 1 saturated heterocycles. The molecule has 3 aromatic carbocycles. The van der Waals surface area contributed by atoms with Crippen molar-refractivity contribution in [3.05, 3.63) is 108 Å². The monoisotopic (exact) mass is 622 g/mol. The summed E-state index contributed by atoms with van der Waals surface area (Å²) in [6, 6.07) is 16.3. The minimum atomic E-state index is -4.03. The average molecular weight is 623 g/mol. The third-order valence-electron chi connectivity index (χ3n) is 7.35. The molecule has 1 atom stereocenters. The van der Waals surface area contributed by atoms with Crippen LogP contribution in [-0.2, 0) is 21.2 Å². The molecule has 1 N–H and O–H groups in total. The summed E-state index contributed by atoms with van der Waals surface area (Å²) in [5.74, 6) is -1.40. The van der Waals surface area contributed by atoms with Crippen LogP contribution >= 0.6 is 11.8 Å². The lowest BCUT2D eigenvalue weighted by Gasteiger charge is -2.22. The van der Waals surface area contributed by atoms with E-state index in [0.717, 1.165) is 41.1 Å². The zero-order valence-electron chi connectivity index (χ0n) is 23.2. The molecular formula is C31H28F2N4O4S2. The summed E-state index contributed by atoms with van der Waals surface area (Å²) in [6.45, 7) is 0.652. The molecule has 6 rings (SSSR count). The Morgan fingerprint density at radius 2 is 1.88 bits per heavy atom. The normalized spacial score (nSPS) is 15.6. The number of nitrogens with one attached hydrogen (secondary N) is 1. The zero-order valence-corrected chi connectivity index (χ0v) is 24.8. The van der Waals surface area contributed by atoms with Crippen molar-refractivity contribution >= 4 is 37.7 Å². The number of aromatic nitrogens is 3. The van der Waals surface area contributed by atoms with E-state index in [1.165, 1.54) is 36.5 Å². The Balaban J connectivity index is 1.47. The molecule has 0 aliphatic carbocycles. The number of thioether (sulfide) groups is 1. The Labute approximate surface area is 251 Å². The number of benzene rings is 3. The van der Waals surface area contributed by atoms with Crippen molar-refractivity contribution in [1.29, 1.82) is 5.41 Å². The summed E-state index contributed by atoms with van der Waals surface area (Å²) in [6.07, 6.45) is 7.65. The van der Waals surface area contributed by atoms with Crippen molar-refractivity contribution in [2.75, 3.05) is 12.9 Å². The molecule has 1 aliphatic rings. The molecule has 12 heteroatoms.